The lowest BCUT2D eigenvalue weighted by Gasteiger charge is -2.36. The van der Waals surface area contributed by atoms with Crippen molar-refractivity contribution in [2.24, 2.45) is 0 Å². The summed E-state index contributed by atoms with van der Waals surface area (Å²) in [4.78, 5) is 12.3. The molecule has 6 heteroatoms. The normalized spacial score (nSPS) is 16.0. The van der Waals surface area contributed by atoms with Gasteiger partial charge in [-0.25, -0.2) is 4.79 Å². The summed E-state index contributed by atoms with van der Waals surface area (Å²) >= 11 is 0. The van der Waals surface area contributed by atoms with E-state index in [9.17, 15) is 18.0 Å². The maximum absolute atomic E-state index is 13.1. The van der Waals surface area contributed by atoms with E-state index in [1.165, 1.54) is 6.07 Å². The third-order valence-electron chi connectivity index (χ3n) is 3.78. The van der Waals surface area contributed by atoms with E-state index in [0.717, 1.165) is 31.4 Å². The lowest BCUT2D eigenvalue weighted by Crippen LogP contribution is -2.37. The van der Waals surface area contributed by atoms with Crippen molar-refractivity contribution in [2.75, 3.05) is 11.9 Å². The zero-order valence-corrected chi connectivity index (χ0v) is 11.5. The second-order valence-electron chi connectivity index (χ2n) is 5.14. The average Bonchev–Trinajstić information content (AvgIpc) is 2.32. The number of hydrogen-bond acceptors (Lipinski definition) is 2. The molecule has 1 fully saturated rings. The molecule has 0 unspecified atom stereocenters. The third-order valence-corrected chi connectivity index (χ3v) is 3.78. The highest BCUT2D eigenvalue weighted by Gasteiger charge is 2.34. The second kappa shape index (κ2) is 5.79. The minimum atomic E-state index is -4.52. The molecule has 1 saturated carbocycles. The molecule has 0 aliphatic heterocycles. The molecule has 1 aromatic carbocycles. The Bertz CT molecular complexity index is 563. The quantitative estimate of drug-likeness (QED) is 0.860. The summed E-state index contributed by atoms with van der Waals surface area (Å²) in [7, 11) is 1.78. The van der Waals surface area contributed by atoms with Crippen molar-refractivity contribution in [3.63, 3.8) is 0 Å². The minimum absolute atomic E-state index is 0.143. The van der Waals surface area contributed by atoms with Gasteiger partial charge in [0.05, 0.1) is 5.56 Å². The molecular formula is C15H16F3NO2. The number of carboxylic acid groups (broad SMARTS) is 1. The number of anilines is 1. The molecule has 0 heterocycles. The van der Waals surface area contributed by atoms with Crippen molar-refractivity contribution in [1.82, 2.24) is 0 Å². The van der Waals surface area contributed by atoms with E-state index in [-0.39, 0.29) is 11.6 Å². The topological polar surface area (TPSA) is 40.5 Å². The number of benzene rings is 1. The van der Waals surface area contributed by atoms with Gasteiger partial charge in [0.25, 0.3) is 0 Å². The van der Waals surface area contributed by atoms with Gasteiger partial charge in [-0.2, -0.15) is 13.2 Å². The van der Waals surface area contributed by atoms with Crippen LogP contribution in [-0.2, 0) is 11.0 Å². The maximum atomic E-state index is 13.1. The van der Waals surface area contributed by atoms with E-state index < -0.39 is 17.7 Å². The standard InChI is InChI=1S/C15H16F3NO2/c1-19(11-3-2-4-11)12-7-5-10(6-8-14(20)21)13(9-12)15(16,17)18/h5-9,11H,2-4H2,1H3,(H,20,21)/b8-6+. The van der Waals surface area contributed by atoms with Gasteiger partial charge < -0.3 is 10.0 Å². The molecule has 0 atom stereocenters. The molecule has 114 valence electrons. The van der Waals surface area contributed by atoms with Gasteiger partial charge in [0.15, 0.2) is 0 Å². The highest BCUT2D eigenvalue weighted by Crippen LogP contribution is 2.36. The highest BCUT2D eigenvalue weighted by atomic mass is 19.4. The number of carbonyl (C=O) groups is 1. The summed E-state index contributed by atoms with van der Waals surface area (Å²) in [5.41, 5.74) is -0.459. The van der Waals surface area contributed by atoms with Gasteiger partial charge in [-0.15, -0.1) is 0 Å². The molecule has 0 aromatic heterocycles. The Morgan fingerprint density at radius 1 is 1.38 bits per heavy atom. The summed E-state index contributed by atoms with van der Waals surface area (Å²) in [6, 6.07) is 4.27. The number of nitrogens with zero attached hydrogens (tertiary/aromatic N) is 1. The Balaban J connectivity index is 2.37. The van der Waals surface area contributed by atoms with Gasteiger partial charge in [0, 0.05) is 24.9 Å². The lowest BCUT2D eigenvalue weighted by molar-refractivity contribution is -0.137. The van der Waals surface area contributed by atoms with Gasteiger partial charge in [0.1, 0.15) is 0 Å². The predicted octanol–water partition coefficient (Wildman–Crippen LogP) is 3.79. The van der Waals surface area contributed by atoms with Crippen LogP contribution in [0.2, 0.25) is 0 Å². The van der Waals surface area contributed by atoms with Crippen molar-refractivity contribution in [3.8, 4) is 0 Å². The van der Waals surface area contributed by atoms with Gasteiger partial charge in [0.2, 0.25) is 0 Å². The van der Waals surface area contributed by atoms with Gasteiger partial charge >= 0.3 is 12.1 Å². The van der Waals surface area contributed by atoms with Crippen molar-refractivity contribution in [1.29, 1.82) is 0 Å². The molecule has 0 radical (unpaired) electrons. The average molecular weight is 299 g/mol. The van der Waals surface area contributed by atoms with Crippen LogP contribution in [0.3, 0.4) is 0 Å². The van der Waals surface area contributed by atoms with E-state index in [1.807, 2.05) is 4.90 Å². The molecule has 21 heavy (non-hydrogen) atoms. The second-order valence-corrected chi connectivity index (χ2v) is 5.14. The van der Waals surface area contributed by atoms with Crippen molar-refractivity contribution < 1.29 is 23.1 Å². The zero-order chi connectivity index (χ0) is 15.6. The monoisotopic (exact) mass is 299 g/mol. The third kappa shape index (κ3) is 3.56. The van der Waals surface area contributed by atoms with Gasteiger partial charge in [-0.05, 0) is 43.0 Å². The molecular weight excluding hydrogens is 283 g/mol. The van der Waals surface area contributed by atoms with E-state index in [1.54, 1.807) is 13.1 Å². The smallest absolute Gasteiger partial charge is 0.417 e. The maximum Gasteiger partial charge on any atom is 0.417 e. The minimum Gasteiger partial charge on any atom is -0.478 e. The summed E-state index contributed by atoms with van der Waals surface area (Å²) in [6.07, 6.45) is 0.227. The van der Waals surface area contributed by atoms with E-state index in [2.05, 4.69) is 0 Å². The first kappa shape index (κ1) is 15.4. The number of rotatable bonds is 4. The van der Waals surface area contributed by atoms with Crippen LogP contribution in [0.4, 0.5) is 18.9 Å². The van der Waals surface area contributed by atoms with E-state index in [4.69, 9.17) is 5.11 Å². The van der Waals surface area contributed by atoms with Crippen molar-refractivity contribution in [2.45, 2.75) is 31.5 Å². The van der Waals surface area contributed by atoms with Crippen molar-refractivity contribution in [3.05, 3.63) is 35.4 Å². The first-order valence-corrected chi connectivity index (χ1v) is 6.64. The molecule has 3 nitrogen and oxygen atoms in total. The Morgan fingerprint density at radius 2 is 2.05 bits per heavy atom. The molecule has 2 rings (SSSR count). The van der Waals surface area contributed by atoms with Crippen LogP contribution >= 0.6 is 0 Å². The highest BCUT2D eigenvalue weighted by molar-refractivity contribution is 5.85. The molecule has 1 aliphatic carbocycles. The fourth-order valence-electron chi connectivity index (χ4n) is 2.30. The molecule has 1 aromatic rings. The molecule has 0 saturated heterocycles. The van der Waals surface area contributed by atoms with Crippen LogP contribution in [-0.4, -0.2) is 24.2 Å². The summed E-state index contributed by atoms with van der Waals surface area (Å²) < 4.78 is 39.3. The van der Waals surface area contributed by atoms with Crippen LogP contribution in [0.15, 0.2) is 24.3 Å². The Labute approximate surface area is 120 Å². The summed E-state index contributed by atoms with van der Waals surface area (Å²) in [6.45, 7) is 0. The van der Waals surface area contributed by atoms with Crippen LogP contribution < -0.4 is 4.90 Å². The lowest BCUT2D eigenvalue weighted by atomic mass is 9.91. The predicted molar refractivity (Wildman–Crippen MR) is 74.2 cm³/mol. The van der Waals surface area contributed by atoms with Crippen LogP contribution in [0.1, 0.15) is 30.4 Å². The molecule has 0 amide bonds. The number of halogens is 3. The van der Waals surface area contributed by atoms with E-state index in [0.29, 0.717) is 11.8 Å². The van der Waals surface area contributed by atoms with Crippen LogP contribution in [0.5, 0.6) is 0 Å². The number of carboxylic acids is 1. The fourth-order valence-corrected chi connectivity index (χ4v) is 2.30. The first-order chi connectivity index (χ1) is 9.79. The van der Waals surface area contributed by atoms with Crippen LogP contribution in [0.25, 0.3) is 6.08 Å². The SMILES string of the molecule is CN(c1ccc(/C=C/C(=O)O)c(C(F)(F)F)c1)C1CCC1. The Kier molecular flexibility index (Phi) is 4.25. The molecule has 0 bridgehead atoms. The first-order valence-electron chi connectivity index (χ1n) is 6.64. The number of aliphatic carboxylic acids is 1. The molecule has 1 N–H and O–H groups in total. The Hall–Kier alpha value is -1.98. The molecule has 0 spiro atoms. The summed E-state index contributed by atoms with van der Waals surface area (Å²) in [5.74, 6) is -1.28. The Morgan fingerprint density at radius 3 is 2.52 bits per heavy atom. The van der Waals surface area contributed by atoms with Crippen LogP contribution in [0, 0.1) is 0 Å². The number of alkyl halides is 3. The number of hydrogen-bond donors (Lipinski definition) is 1. The van der Waals surface area contributed by atoms with E-state index >= 15 is 0 Å². The summed E-state index contributed by atoms with van der Waals surface area (Å²) in [5, 5.41) is 8.55. The fraction of sp³-hybridized carbons (Fsp3) is 0.400. The van der Waals surface area contributed by atoms with Gasteiger partial charge in [-0.1, -0.05) is 6.07 Å². The zero-order valence-electron chi connectivity index (χ0n) is 11.5. The van der Waals surface area contributed by atoms with Gasteiger partial charge in [-0.3, -0.25) is 0 Å². The van der Waals surface area contributed by atoms with Crippen molar-refractivity contribution >= 4 is 17.7 Å². The largest absolute Gasteiger partial charge is 0.478 e. The molecule has 1 aliphatic rings.